The van der Waals surface area contributed by atoms with E-state index in [9.17, 15) is 13.6 Å². The van der Waals surface area contributed by atoms with Crippen LogP contribution < -0.4 is 0 Å². The second kappa shape index (κ2) is 3.07. The zero-order chi connectivity index (χ0) is 12.1. The van der Waals surface area contributed by atoms with Gasteiger partial charge >= 0.3 is 5.97 Å². The fourth-order valence-corrected chi connectivity index (χ4v) is 1.72. The lowest BCUT2D eigenvalue weighted by atomic mass is 9.94. The van der Waals surface area contributed by atoms with E-state index in [1.807, 2.05) is 0 Å². The number of phenols is 2. The lowest BCUT2D eigenvalue weighted by Gasteiger charge is -2.14. The highest BCUT2D eigenvalue weighted by Crippen LogP contribution is 2.52. The molecule has 6 heteroatoms. The molecule has 1 aromatic carbocycles. The second-order valence-electron chi connectivity index (χ2n) is 3.81. The zero-order valence-corrected chi connectivity index (χ0v) is 8.00. The van der Waals surface area contributed by atoms with Crippen LogP contribution >= 0.6 is 0 Å². The standard InChI is InChI=1S/C10H8F2O4/c11-7-4(13)3-5(14)8(12)6(7)10(1-2-10)9(15)16/h3,13-14H,1-2H2,(H,15,16). The van der Waals surface area contributed by atoms with Crippen molar-refractivity contribution in [3.05, 3.63) is 23.3 Å². The molecule has 3 N–H and O–H groups in total. The van der Waals surface area contributed by atoms with Gasteiger partial charge in [-0.2, -0.15) is 0 Å². The van der Waals surface area contributed by atoms with Crippen LogP contribution in [-0.4, -0.2) is 21.3 Å². The van der Waals surface area contributed by atoms with Gasteiger partial charge in [0.15, 0.2) is 23.1 Å². The first kappa shape index (κ1) is 10.7. The number of phenolic OH excluding ortho intramolecular Hbond substituents is 2. The summed E-state index contributed by atoms with van der Waals surface area (Å²) >= 11 is 0. The minimum Gasteiger partial charge on any atom is -0.505 e. The highest BCUT2D eigenvalue weighted by atomic mass is 19.1. The number of carbonyl (C=O) groups is 1. The van der Waals surface area contributed by atoms with Crippen molar-refractivity contribution in [3.63, 3.8) is 0 Å². The van der Waals surface area contributed by atoms with Crippen molar-refractivity contribution in [2.75, 3.05) is 0 Å². The minimum atomic E-state index is -1.65. The Morgan fingerprint density at radius 2 is 1.62 bits per heavy atom. The maximum Gasteiger partial charge on any atom is 0.314 e. The molecule has 86 valence electrons. The lowest BCUT2D eigenvalue weighted by Crippen LogP contribution is -2.22. The van der Waals surface area contributed by atoms with E-state index in [1.165, 1.54) is 0 Å². The van der Waals surface area contributed by atoms with Crippen LogP contribution in [0.25, 0.3) is 0 Å². The van der Waals surface area contributed by atoms with Crippen LogP contribution in [0.2, 0.25) is 0 Å². The van der Waals surface area contributed by atoms with Crippen molar-refractivity contribution in [1.29, 1.82) is 0 Å². The molecule has 0 unspecified atom stereocenters. The van der Waals surface area contributed by atoms with Crippen LogP contribution in [-0.2, 0) is 10.2 Å². The smallest absolute Gasteiger partial charge is 0.314 e. The fourth-order valence-electron chi connectivity index (χ4n) is 1.72. The molecule has 2 rings (SSSR count). The summed E-state index contributed by atoms with van der Waals surface area (Å²) in [7, 11) is 0. The lowest BCUT2D eigenvalue weighted by molar-refractivity contribution is -0.140. The molecule has 1 aromatic rings. The number of carboxylic acid groups (broad SMARTS) is 1. The molecule has 0 aromatic heterocycles. The van der Waals surface area contributed by atoms with Gasteiger partial charge in [0.25, 0.3) is 0 Å². The van der Waals surface area contributed by atoms with Crippen molar-refractivity contribution < 1.29 is 28.9 Å². The van der Waals surface area contributed by atoms with Crippen molar-refractivity contribution in [3.8, 4) is 11.5 Å². The van der Waals surface area contributed by atoms with Gasteiger partial charge in [0.1, 0.15) is 0 Å². The molecule has 0 amide bonds. The van der Waals surface area contributed by atoms with Gasteiger partial charge in [0.05, 0.1) is 5.41 Å². The van der Waals surface area contributed by atoms with E-state index < -0.39 is 40.1 Å². The van der Waals surface area contributed by atoms with Crippen LogP contribution in [0.5, 0.6) is 11.5 Å². The van der Waals surface area contributed by atoms with Crippen molar-refractivity contribution >= 4 is 5.97 Å². The predicted molar refractivity (Wildman–Crippen MR) is 48.2 cm³/mol. The maximum absolute atomic E-state index is 13.5. The van der Waals surface area contributed by atoms with Gasteiger partial charge in [-0.25, -0.2) is 8.78 Å². The molecule has 0 heterocycles. The molecule has 1 saturated carbocycles. The molecular weight excluding hydrogens is 222 g/mol. The number of hydrogen-bond donors (Lipinski definition) is 3. The molecule has 1 fully saturated rings. The summed E-state index contributed by atoms with van der Waals surface area (Å²) in [5, 5.41) is 27.1. The summed E-state index contributed by atoms with van der Waals surface area (Å²) in [4.78, 5) is 10.9. The van der Waals surface area contributed by atoms with E-state index in [4.69, 9.17) is 15.3 Å². The van der Waals surface area contributed by atoms with Crippen molar-refractivity contribution in [1.82, 2.24) is 0 Å². The molecule has 0 aliphatic heterocycles. The van der Waals surface area contributed by atoms with Crippen molar-refractivity contribution in [2.45, 2.75) is 18.3 Å². The Balaban J connectivity index is 2.70. The Bertz CT molecular complexity index is 454. The number of halogens is 2. The van der Waals surface area contributed by atoms with Crippen LogP contribution in [0.4, 0.5) is 8.78 Å². The van der Waals surface area contributed by atoms with Gasteiger partial charge in [0, 0.05) is 11.6 Å². The van der Waals surface area contributed by atoms with Gasteiger partial charge < -0.3 is 15.3 Å². The van der Waals surface area contributed by atoms with Gasteiger partial charge in [0.2, 0.25) is 0 Å². The first-order valence-corrected chi connectivity index (χ1v) is 4.54. The molecule has 0 saturated heterocycles. The number of carboxylic acids is 1. The van der Waals surface area contributed by atoms with E-state index in [-0.39, 0.29) is 12.8 Å². The Labute approximate surface area is 88.8 Å². The summed E-state index contributed by atoms with van der Waals surface area (Å²) in [5.74, 6) is -5.93. The van der Waals surface area contributed by atoms with E-state index in [1.54, 1.807) is 0 Å². The average molecular weight is 230 g/mol. The molecule has 16 heavy (non-hydrogen) atoms. The maximum atomic E-state index is 13.5. The molecule has 0 atom stereocenters. The zero-order valence-electron chi connectivity index (χ0n) is 8.00. The van der Waals surface area contributed by atoms with Gasteiger partial charge in [-0.15, -0.1) is 0 Å². The largest absolute Gasteiger partial charge is 0.505 e. The van der Waals surface area contributed by atoms with Gasteiger partial charge in [-0.1, -0.05) is 0 Å². The molecular formula is C10H8F2O4. The number of aliphatic carboxylic acids is 1. The first-order valence-electron chi connectivity index (χ1n) is 4.54. The third-order valence-corrected chi connectivity index (χ3v) is 2.80. The Hall–Kier alpha value is -1.85. The Morgan fingerprint density at radius 1 is 1.19 bits per heavy atom. The third-order valence-electron chi connectivity index (χ3n) is 2.80. The molecule has 1 aliphatic carbocycles. The van der Waals surface area contributed by atoms with Gasteiger partial charge in [-0.05, 0) is 12.8 Å². The first-order chi connectivity index (χ1) is 7.40. The summed E-state index contributed by atoms with van der Waals surface area (Å²) in [6.07, 6.45) is 0.165. The molecule has 0 radical (unpaired) electrons. The summed E-state index contributed by atoms with van der Waals surface area (Å²) < 4.78 is 26.9. The van der Waals surface area contributed by atoms with Crippen LogP contribution in [0.1, 0.15) is 18.4 Å². The molecule has 0 bridgehead atoms. The number of benzene rings is 1. The van der Waals surface area contributed by atoms with Crippen LogP contribution in [0.3, 0.4) is 0 Å². The highest BCUT2D eigenvalue weighted by Gasteiger charge is 2.55. The van der Waals surface area contributed by atoms with E-state index in [0.717, 1.165) is 0 Å². The number of hydrogen-bond acceptors (Lipinski definition) is 3. The number of aromatic hydroxyl groups is 2. The minimum absolute atomic E-state index is 0.0824. The van der Waals surface area contributed by atoms with Crippen LogP contribution in [0, 0.1) is 11.6 Å². The SMILES string of the molecule is O=C(O)C1(c2c(F)c(O)cc(O)c2F)CC1. The average Bonchev–Trinajstić information content (AvgIpc) is 2.97. The fraction of sp³-hybridized carbons (Fsp3) is 0.300. The van der Waals surface area contributed by atoms with Crippen LogP contribution in [0.15, 0.2) is 6.07 Å². The summed E-state index contributed by atoms with van der Waals surface area (Å²) in [6, 6.07) is 0.506. The summed E-state index contributed by atoms with van der Waals surface area (Å²) in [5.41, 5.74) is -2.41. The summed E-state index contributed by atoms with van der Waals surface area (Å²) in [6.45, 7) is 0. The van der Waals surface area contributed by atoms with E-state index in [2.05, 4.69) is 0 Å². The quantitative estimate of drug-likeness (QED) is 0.719. The van der Waals surface area contributed by atoms with E-state index in [0.29, 0.717) is 6.07 Å². The Kier molecular flexibility index (Phi) is 2.04. The normalized spacial score (nSPS) is 17.1. The molecule has 1 aliphatic rings. The topological polar surface area (TPSA) is 77.8 Å². The van der Waals surface area contributed by atoms with E-state index >= 15 is 0 Å². The van der Waals surface area contributed by atoms with Crippen molar-refractivity contribution in [2.24, 2.45) is 0 Å². The second-order valence-corrected chi connectivity index (χ2v) is 3.81. The molecule has 0 spiro atoms. The Morgan fingerprint density at radius 3 is 1.94 bits per heavy atom. The third kappa shape index (κ3) is 1.22. The number of rotatable bonds is 2. The predicted octanol–water partition coefficient (Wildman–Crippen LogP) is 1.49. The highest BCUT2D eigenvalue weighted by molar-refractivity contribution is 5.85. The van der Waals surface area contributed by atoms with Gasteiger partial charge in [-0.3, -0.25) is 4.79 Å². The molecule has 4 nitrogen and oxygen atoms in total. The monoisotopic (exact) mass is 230 g/mol.